The van der Waals surface area contributed by atoms with E-state index >= 15 is 0 Å². The highest BCUT2D eigenvalue weighted by atomic mass is 35.5. The van der Waals surface area contributed by atoms with Crippen molar-refractivity contribution in [3.05, 3.63) is 21.3 Å². The summed E-state index contributed by atoms with van der Waals surface area (Å²) in [5, 5.41) is 3.41. The molecule has 0 aromatic carbocycles. The molecule has 0 aliphatic carbocycles. The van der Waals surface area contributed by atoms with Gasteiger partial charge in [-0.2, -0.15) is 0 Å². The molecule has 0 saturated carbocycles. The lowest BCUT2D eigenvalue weighted by Crippen LogP contribution is -2.33. The average molecular weight is 312 g/mol. The second-order valence-electron chi connectivity index (χ2n) is 4.32. The fraction of sp³-hybridized carbons (Fsp3) is 0.692. The normalized spacial score (nSPS) is 13.1. The standard InChI is InChI=1S/C13H20ClF2NOS/c1-2-6-17-10(5-7-18-9-13(15)16)8-11-3-4-12(14)19-11/h3-4,10,13,17H,2,5-9H2,1H3. The van der Waals surface area contributed by atoms with E-state index in [9.17, 15) is 8.78 Å². The first-order valence-corrected chi connectivity index (χ1v) is 7.64. The van der Waals surface area contributed by atoms with Gasteiger partial charge in [0.15, 0.2) is 0 Å². The molecule has 0 saturated heterocycles. The third-order valence-electron chi connectivity index (χ3n) is 2.61. The molecule has 1 aromatic rings. The second-order valence-corrected chi connectivity index (χ2v) is 6.12. The number of hydrogen-bond donors (Lipinski definition) is 1. The van der Waals surface area contributed by atoms with Gasteiger partial charge in [-0.3, -0.25) is 0 Å². The van der Waals surface area contributed by atoms with E-state index in [0.717, 1.165) is 30.1 Å². The monoisotopic (exact) mass is 311 g/mol. The molecule has 0 bridgehead atoms. The summed E-state index contributed by atoms with van der Waals surface area (Å²) in [7, 11) is 0. The van der Waals surface area contributed by atoms with E-state index in [1.54, 1.807) is 11.3 Å². The predicted octanol–water partition coefficient (Wildman–Crippen LogP) is 3.98. The molecule has 0 fully saturated rings. The Kier molecular flexibility index (Phi) is 8.53. The van der Waals surface area contributed by atoms with Crippen LogP contribution >= 0.6 is 22.9 Å². The Morgan fingerprint density at radius 3 is 2.79 bits per heavy atom. The van der Waals surface area contributed by atoms with Gasteiger partial charge in [-0.1, -0.05) is 18.5 Å². The van der Waals surface area contributed by atoms with E-state index in [4.69, 9.17) is 16.3 Å². The minimum Gasteiger partial charge on any atom is -0.375 e. The van der Waals surface area contributed by atoms with Crippen molar-refractivity contribution in [3.8, 4) is 0 Å². The Morgan fingerprint density at radius 2 is 2.21 bits per heavy atom. The van der Waals surface area contributed by atoms with Crippen molar-refractivity contribution in [2.75, 3.05) is 19.8 Å². The maximum Gasteiger partial charge on any atom is 0.261 e. The maximum absolute atomic E-state index is 12.0. The summed E-state index contributed by atoms with van der Waals surface area (Å²) in [5.74, 6) is 0. The lowest BCUT2D eigenvalue weighted by Gasteiger charge is -2.17. The summed E-state index contributed by atoms with van der Waals surface area (Å²) in [5.41, 5.74) is 0. The van der Waals surface area contributed by atoms with Crippen LogP contribution < -0.4 is 5.32 Å². The Morgan fingerprint density at radius 1 is 1.42 bits per heavy atom. The summed E-state index contributed by atoms with van der Waals surface area (Å²) in [6, 6.07) is 4.13. The molecule has 110 valence electrons. The highest BCUT2D eigenvalue weighted by Crippen LogP contribution is 2.23. The fourth-order valence-corrected chi connectivity index (χ4v) is 2.89. The van der Waals surface area contributed by atoms with Crippen LogP contribution in [0.1, 0.15) is 24.6 Å². The van der Waals surface area contributed by atoms with Crippen molar-refractivity contribution in [2.24, 2.45) is 0 Å². The van der Waals surface area contributed by atoms with Crippen LogP contribution in [0.25, 0.3) is 0 Å². The zero-order chi connectivity index (χ0) is 14.1. The van der Waals surface area contributed by atoms with E-state index in [2.05, 4.69) is 12.2 Å². The van der Waals surface area contributed by atoms with Crippen molar-refractivity contribution < 1.29 is 13.5 Å². The molecule has 0 aliphatic heterocycles. The molecule has 1 atom stereocenters. The van der Waals surface area contributed by atoms with Gasteiger partial charge in [0.05, 0.1) is 4.34 Å². The Balaban J connectivity index is 2.33. The summed E-state index contributed by atoms with van der Waals surface area (Å²) in [6.07, 6.45) is 0.232. The van der Waals surface area contributed by atoms with Gasteiger partial charge in [0.1, 0.15) is 6.61 Å². The maximum atomic E-state index is 12.0. The Bertz CT molecular complexity index is 349. The van der Waals surface area contributed by atoms with Gasteiger partial charge in [-0.15, -0.1) is 11.3 Å². The van der Waals surface area contributed by atoms with Gasteiger partial charge in [-0.25, -0.2) is 8.78 Å². The average Bonchev–Trinajstić information content (AvgIpc) is 2.76. The van der Waals surface area contributed by atoms with Crippen LogP contribution in [0.5, 0.6) is 0 Å². The molecule has 1 rings (SSSR count). The Labute approximate surface area is 122 Å². The minimum atomic E-state index is -2.39. The topological polar surface area (TPSA) is 21.3 Å². The highest BCUT2D eigenvalue weighted by molar-refractivity contribution is 7.16. The molecule has 2 nitrogen and oxygen atoms in total. The van der Waals surface area contributed by atoms with Crippen molar-refractivity contribution in [1.82, 2.24) is 5.32 Å². The van der Waals surface area contributed by atoms with Crippen molar-refractivity contribution >= 4 is 22.9 Å². The van der Waals surface area contributed by atoms with Crippen molar-refractivity contribution in [1.29, 1.82) is 0 Å². The first kappa shape index (κ1) is 16.8. The summed E-state index contributed by atoms with van der Waals surface area (Å²) in [6.45, 7) is 2.88. The van der Waals surface area contributed by atoms with Gasteiger partial charge in [-0.05, 0) is 37.9 Å². The quantitative estimate of drug-likeness (QED) is 0.660. The smallest absolute Gasteiger partial charge is 0.261 e. The van der Waals surface area contributed by atoms with E-state index in [1.807, 2.05) is 12.1 Å². The van der Waals surface area contributed by atoms with Crippen LogP contribution in [0.2, 0.25) is 4.34 Å². The minimum absolute atomic E-state index is 0.243. The number of ether oxygens (including phenoxy) is 1. The number of nitrogens with one attached hydrogen (secondary N) is 1. The molecule has 1 aromatic heterocycles. The third kappa shape index (κ3) is 7.82. The number of halogens is 3. The Hall–Kier alpha value is -0.230. The lowest BCUT2D eigenvalue weighted by atomic mass is 10.1. The van der Waals surface area contributed by atoms with Crippen molar-refractivity contribution in [3.63, 3.8) is 0 Å². The largest absolute Gasteiger partial charge is 0.375 e. The molecule has 0 aliphatic rings. The zero-order valence-electron chi connectivity index (χ0n) is 11.0. The highest BCUT2D eigenvalue weighted by Gasteiger charge is 2.11. The SMILES string of the molecule is CCCNC(CCOCC(F)F)Cc1ccc(Cl)s1. The lowest BCUT2D eigenvalue weighted by molar-refractivity contribution is 0.0144. The third-order valence-corrected chi connectivity index (χ3v) is 3.87. The van der Waals surface area contributed by atoms with Gasteiger partial charge in [0, 0.05) is 17.5 Å². The van der Waals surface area contributed by atoms with E-state index in [1.165, 1.54) is 4.88 Å². The number of rotatable bonds is 10. The fourth-order valence-electron chi connectivity index (χ4n) is 1.73. The predicted molar refractivity (Wildman–Crippen MR) is 76.6 cm³/mol. The first-order chi connectivity index (χ1) is 9.11. The first-order valence-electron chi connectivity index (χ1n) is 6.45. The molecule has 0 radical (unpaired) electrons. The van der Waals surface area contributed by atoms with Crippen LogP contribution in [0.3, 0.4) is 0 Å². The van der Waals surface area contributed by atoms with Gasteiger partial charge in [0.25, 0.3) is 6.43 Å². The molecule has 1 N–H and O–H groups in total. The number of thiophene rings is 1. The van der Waals surface area contributed by atoms with Crippen LogP contribution in [0.4, 0.5) is 8.78 Å². The number of alkyl halides is 2. The molecule has 19 heavy (non-hydrogen) atoms. The van der Waals surface area contributed by atoms with Crippen LogP contribution in [0.15, 0.2) is 12.1 Å². The zero-order valence-corrected chi connectivity index (χ0v) is 12.6. The molecule has 6 heteroatoms. The van der Waals surface area contributed by atoms with Crippen LogP contribution in [-0.2, 0) is 11.2 Å². The van der Waals surface area contributed by atoms with Gasteiger partial charge < -0.3 is 10.1 Å². The summed E-state index contributed by atoms with van der Waals surface area (Å²) >= 11 is 7.46. The molecular weight excluding hydrogens is 292 g/mol. The van der Waals surface area contributed by atoms with Crippen LogP contribution in [-0.4, -0.2) is 32.2 Å². The summed E-state index contributed by atoms with van der Waals surface area (Å²) < 4.78 is 29.6. The van der Waals surface area contributed by atoms with Gasteiger partial charge in [0.2, 0.25) is 0 Å². The molecular formula is C13H20ClF2NOS. The molecule has 0 amide bonds. The van der Waals surface area contributed by atoms with Crippen LogP contribution in [0, 0.1) is 0 Å². The molecule has 1 heterocycles. The summed E-state index contributed by atoms with van der Waals surface area (Å²) in [4.78, 5) is 1.20. The molecule has 1 unspecified atom stereocenters. The van der Waals surface area contributed by atoms with E-state index < -0.39 is 13.0 Å². The molecule has 0 spiro atoms. The van der Waals surface area contributed by atoms with E-state index in [0.29, 0.717) is 6.61 Å². The van der Waals surface area contributed by atoms with Crippen molar-refractivity contribution in [2.45, 2.75) is 38.7 Å². The number of hydrogen-bond acceptors (Lipinski definition) is 3. The second kappa shape index (κ2) is 9.64. The van der Waals surface area contributed by atoms with Gasteiger partial charge >= 0.3 is 0 Å². The van der Waals surface area contributed by atoms with E-state index in [-0.39, 0.29) is 6.04 Å².